The quantitative estimate of drug-likeness (QED) is 0.838. The van der Waals surface area contributed by atoms with Gasteiger partial charge in [0.2, 0.25) is 0 Å². The van der Waals surface area contributed by atoms with E-state index in [0.717, 1.165) is 22.5 Å². The number of carbonyl (C=O) groups is 1. The largest absolute Gasteiger partial charge is 0.496 e. The van der Waals surface area contributed by atoms with Crippen LogP contribution >= 0.6 is 11.6 Å². The number of rotatable bonds is 3. The number of nitrogens with one attached hydrogen (secondary N) is 1. The molecule has 2 N–H and O–H groups in total. The summed E-state index contributed by atoms with van der Waals surface area (Å²) in [5.74, 6) is -0.288. The molecule has 0 fully saturated rings. The molecule has 0 saturated carbocycles. The number of aryl methyl sites for hydroxylation is 1. The van der Waals surface area contributed by atoms with Crippen LogP contribution < -0.4 is 4.74 Å². The van der Waals surface area contributed by atoms with Gasteiger partial charge in [-0.25, -0.2) is 4.79 Å². The number of aromatic nitrogens is 1. The molecular weight excluding hydrogens is 254 g/mol. The fraction of sp³-hybridized carbons (Fsp3) is 0.154. The molecule has 1 aromatic heterocycles. The van der Waals surface area contributed by atoms with Crippen LogP contribution in [0.2, 0.25) is 5.02 Å². The summed E-state index contributed by atoms with van der Waals surface area (Å²) in [5, 5.41) is 10.1. The Hall–Kier alpha value is -1.94. The predicted molar refractivity (Wildman–Crippen MR) is 71.3 cm³/mol. The van der Waals surface area contributed by atoms with Crippen LogP contribution in [0, 0.1) is 6.92 Å². The maximum atomic E-state index is 10.5. The fourth-order valence-electron chi connectivity index (χ4n) is 1.91. The molecule has 4 nitrogen and oxygen atoms in total. The number of hydrogen-bond donors (Lipinski definition) is 2. The van der Waals surface area contributed by atoms with Crippen molar-refractivity contribution in [3.63, 3.8) is 0 Å². The highest BCUT2D eigenvalue weighted by Gasteiger charge is 2.13. The first kappa shape index (κ1) is 12.5. The Morgan fingerprint density at radius 1 is 1.50 bits per heavy atom. The summed E-state index contributed by atoms with van der Waals surface area (Å²) in [7, 11) is 1.59. The van der Waals surface area contributed by atoms with Crippen LogP contribution in [-0.2, 0) is 4.79 Å². The molecule has 0 amide bonds. The summed E-state index contributed by atoms with van der Waals surface area (Å²) in [4.78, 5) is 13.6. The third-order valence-electron chi connectivity index (χ3n) is 2.77. The lowest BCUT2D eigenvalue weighted by Gasteiger charge is -2.03. The molecule has 0 atom stereocenters. The molecule has 0 saturated heterocycles. The topological polar surface area (TPSA) is 62.3 Å². The summed E-state index contributed by atoms with van der Waals surface area (Å²) in [5.41, 5.74) is 2.36. The summed E-state index contributed by atoms with van der Waals surface area (Å²) in [6, 6.07) is 3.53. The summed E-state index contributed by atoms with van der Waals surface area (Å²) in [6.07, 6.45) is 2.59. The minimum Gasteiger partial charge on any atom is -0.496 e. The Morgan fingerprint density at radius 3 is 2.83 bits per heavy atom. The lowest BCUT2D eigenvalue weighted by molar-refractivity contribution is -0.131. The molecule has 0 radical (unpaired) electrons. The zero-order valence-electron chi connectivity index (χ0n) is 9.95. The first-order chi connectivity index (χ1) is 8.54. The minimum atomic E-state index is -0.994. The van der Waals surface area contributed by atoms with Crippen LogP contribution in [-0.4, -0.2) is 23.2 Å². The molecule has 1 heterocycles. The van der Waals surface area contributed by atoms with Gasteiger partial charge in [0.15, 0.2) is 0 Å². The lowest BCUT2D eigenvalue weighted by atomic mass is 10.1. The highest BCUT2D eigenvalue weighted by atomic mass is 35.5. The third kappa shape index (κ3) is 2.07. The van der Waals surface area contributed by atoms with Gasteiger partial charge >= 0.3 is 5.97 Å². The average Bonchev–Trinajstić information content (AvgIpc) is 2.66. The van der Waals surface area contributed by atoms with E-state index < -0.39 is 5.97 Å². The van der Waals surface area contributed by atoms with Crippen molar-refractivity contribution < 1.29 is 14.6 Å². The second kappa shape index (κ2) is 4.74. The number of fused-ring (bicyclic) bond motifs is 1. The number of aliphatic carboxylic acids is 1. The summed E-state index contributed by atoms with van der Waals surface area (Å²) >= 11 is 6.11. The van der Waals surface area contributed by atoms with Gasteiger partial charge in [-0.15, -0.1) is 0 Å². The molecular formula is C13H12ClNO3. The number of halogens is 1. The highest BCUT2D eigenvalue weighted by Crippen LogP contribution is 2.35. The molecule has 0 bridgehead atoms. The molecule has 94 valence electrons. The standard InChI is InChI=1S/C13H12ClNO3/c1-7-9(4-6-11(16)17)15-13-8(14)3-5-10(18-2)12(7)13/h3-6,15H,1-2H3,(H,16,17)/b6-4+. The van der Waals surface area contributed by atoms with Gasteiger partial charge in [0.25, 0.3) is 0 Å². The Bertz CT molecular complexity index is 643. The van der Waals surface area contributed by atoms with Crippen LogP contribution in [0.15, 0.2) is 18.2 Å². The van der Waals surface area contributed by atoms with Crippen molar-refractivity contribution in [1.82, 2.24) is 4.98 Å². The van der Waals surface area contributed by atoms with Gasteiger partial charge in [0.05, 0.1) is 17.6 Å². The van der Waals surface area contributed by atoms with Crippen molar-refractivity contribution in [1.29, 1.82) is 0 Å². The lowest BCUT2D eigenvalue weighted by Crippen LogP contribution is -1.86. The van der Waals surface area contributed by atoms with Crippen LogP contribution in [0.25, 0.3) is 17.0 Å². The Balaban J connectivity index is 2.69. The normalized spacial score (nSPS) is 11.3. The average molecular weight is 266 g/mol. The van der Waals surface area contributed by atoms with E-state index in [1.807, 2.05) is 6.92 Å². The first-order valence-electron chi connectivity index (χ1n) is 5.30. The van der Waals surface area contributed by atoms with E-state index in [1.165, 1.54) is 6.08 Å². The van der Waals surface area contributed by atoms with Gasteiger partial charge in [0.1, 0.15) is 5.75 Å². The van der Waals surface area contributed by atoms with Gasteiger partial charge in [0, 0.05) is 17.2 Å². The van der Waals surface area contributed by atoms with Crippen LogP contribution in [0.3, 0.4) is 0 Å². The van der Waals surface area contributed by atoms with Gasteiger partial charge in [-0.1, -0.05) is 11.6 Å². The van der Waals surface area contributed by atoms with Crippen molar-refractivity contribution in [2.24, 2.45) is 0 Å². The van der Waals surface area contributed by atoms with E-state index in [0.29, 0.717) is 16.5 Å². The third-order valence-corrected chi connectivity index (χ3v) is 3.08. The number of benzene rings is 1. The van der Waals surface area contributed by atoms with Crippen LogP contribution in [0.1, 0.15) is 11.3 Å². The van der Waals surface area contributed by atoms with E-state index in [2.05, 4.69) is 4.98 Å². The van der Waals surface area contributed by atoms with Crippen molar-refractivity contribution >= 4 is 34.5 Å². The second-order valence-corrected chi connectivity index (χ2v) is 4.24. The van der Waals surface area contributed by atoms with Crippen LogP contribution in [0.4, 0.5) is 0 Å². The zero-order valence-corrected chi connectivity index (χ0v) is 10.7. The number of hydrogen-bond acceptors (Lipinski definition) is 2. The van der Waals surface area contributed by atoms with E-state index in [4.69, 9.17) is 21.4 Å². The molecule has 18 heavy (non-hydrogen) atoms. The Morgan fingerprint density at radius 2 is 2.22 bits per heavy atom. The maximum Gasteiger partial charge on any atom is 0.328 e. The molecule has 2 rings (SSSR count). The highest BCUT2D eigenvalue weighted by molar-refractivity contribution is 6.35. The van der Waals surface area contributed by atoms with Crippen molar-refractivity contribution in [2.75, 3.05) is 7.11 Å². The molecule has 1 aromatic carbocycles. The second-order valence-electron chi connectivity index (χ2n) is 3.83. The maximum absolute atomic E-state index is 10.5. The van der Waals surface area contributed by atoms with E-state index >= 15 is 0 Å². The Labute approximate surface area is 109 Å². The fourth-order valence-corrected chi connectivity index (χ4v) is 2.11. The number of methoxy groups -OCH3 is 1. The van der Waals surface area contributed by atoms with Gasteiger partial charge in [-0.2, -0.15) is 0 Å². The van der Waals surface area contributed by atoms with Crippen LogP contribution in [0.5, 0.6) is 5.75 Å². The molecule has 0 unspecified atom stereocenters. The zero-order chi connectivity index (χ0) is 13.3. The number of carboxylic acid groups (broad SMARTS) is 1. The van der Waals surface area contributed by atoms with Gasteiger partial charge < -0.3 is 14.8 Å². The Kier molecular flexibility index (Phi) is 3.30. The SMILES string of the molecule is COc1ccc(Cl)c2[nH]c(/C=C/C(=O)O)c(C)c12. The van der Waals surface area contributed by atoms with E-state index in [9.17, 15) is 4.79 Å². The van der Waals surface area contributed by atoms with E-state index in [1.54, 1.807) is 19.2 Å². The molecule has 0 aliphatic rings. The molecule has 5 heteroatoms. The molecule has 0 aliphatic carbocycles. The van der Waals surface area contributed by atoms with Crippen molar-refractivity contribution in [3.05, 3.63) is 34.5 Å². The molecule has 2 aromatic rings. The van der Waals surface area contributed by atoms with Crippen molar-refractivity contribution in [2.45, 2.75) is 6.92 Å². The van der Waals surface area contributed by atoms with E-state index in [-0.39, 0.29) is 0 Å². The number of ether oxygens (including phenoxy) is 1. The summed E-state index contributed by atoms with van der Waals surface area (Å²) in [6.45, 7) is 1.89. The minimum absolute atomic E-state index is 0.573. The number of carboxylic acids is 1. The predicted octanol–water partition coefficient (Wildman–Crippen LogP) is 3.24. The molecule has 0 aliphatic heterocycles. The first-order valence-corrected chi connectivity index (χ1v) is 5.68. The number of aromatic amines is 1. The summed E-state index contributed by atoms with van der Waals surface area (Å²) < 4.78 is 5.28. The van der Waals surface area contributed by atoms with Gasteiger partial charge in [-0.05, 0) is 30.7 Å². The monoisotopic (exact) mass is 265 g/mol. The smallest absolute Gasteiger partial charge is 0.328 e. The molecule has 0 spiro atoms. The van der Waals surface area contributed by atoms with Gasteiger partial charge in [-0.3, -0.25) is 0 Å². The van der Waals surface area contributed by atoms with Crippen molar-refractivity contribution in [3.8, 4) is 5.75 Å². The number of H-pyrrole nitrogens is 1.